The fraction of sp³-hybridized carbons (Fsp3) is 0.357. The number of hydrogen-bond acceptors (Lipinski definition) is 3. The van der Waals surface area contributed by atoms with E-state index in [4.69, 9.17) is 4.74 Å². The van der Waals surface area contributed by atoms with Gasteiger partial charge in [0.2, 0.25) is 0 Å². The second-order valence-corrected chi connectivity index (χ2v) is 4.47. The van der Waals surface area contributed by atoms with Gasteiger partial charge in [-0.05, 0) is 43.0 Å². The first-order valence-electron chi connectivity index (χ1n) is 5.69. The number of carbonyl (C=O) groups excluding carboxylic acids is 1. The zero-order chi connectivity index (χ0) is 12.4. The highest BCUT2D eigenvalue weighted by Crippen LogP contribution is 2.25. The number of carbonyl (C=O) groups is 1. The number of aliphatic hydroxyl groups excluding tert-OH is 1. The van der Waals surface area contributed by atoms with E-state index in [1.807, 2.05) is 19.1 Å². The van der Waals surface area contributed by atoms with Crippen molar-refractivity contribution in [1.29, 1.82) is 0 Å². The van der Waals surface area contributed by atoms with E-state index < -0.39 is 0 Å². The average molecular weight is 232 g/mol. The molecule has 1 heterocycles. The average Bonchev–Trinajstić information content (AvgIpc) is 2.66. The number of hydrogen-bond donors (Lipinski definition) is 1. The second-order valence-electron chi connectivity index (χ2n) is 4.47. The van der Waals surface area contributed by atoms with Gasteiger partial charge in [-0.25, -0.2) is 4.79 Å². The molecule has 0 fully saturated rings. The van der Waals surface area contributed by atoms with Crippen LogP contribution >= 0.6 is 0 Å². The predicted octanol–water partition coefficient (Wildman–Crippen LogP) is 2.36. The van der Waals surface area contributed by atoms with E-state index in [0.29, 0.717) is 12.2 Å². The first kappa shape index (κ1) is 11.9. The first-order chi connectivity index (χ1) is 8.11. The molecular formula is C14H16O3. The van der Waals surface area contributed by atoms with Crippen LogP contribution in [-0.2, 0) is 24.4 Å². The third kappa shape index (κ3) is 2.39. The lowest BCUT2D eigenvalue weighted by molar-refractivity contribution is 0.0535. The van der Waals surface area contributed by atoms with Gasteiger partial charge < -0.3 is 9.84 Å². The van der Waals surface area contributed by atoms with E-state index in [1.165, 1.54) is 0 Å². The molecule has 0 unspecified atom stereocenters. The molecule has 1 aromatic rings. The van der Waals surface area contributed by atoms with Crippen molar-refractivity contribution in [2.24, 2.45) is 0 Å². The van der Waals surface area contributed by atoms with E-state index in [-0.39, 0.29) is 12.6 Å². The molecule has 0 saturated heterocycles. The predicted molar refractivity (Wildman–Crippen MR) is 64.6 cm³/mol. The molecule has 0 bridgehead atoms. The summed E-state index contributed by atoms with van der Waals surface area (Å²) in [6.45, 7) is 6.15. The van der Waals surface area contributed by atoms with Crippen molar-refractivity contribution in [3.8, 4) is 0 Å². The molecule has 17 heavy (non-hydrogen) atoms. The number of benzene rings is 1. The molecule has 3 heteroatoms. The van der Waals surface area contributed by atoms with E-state index >= 15 is 0 Å². The summed E-state index contributed by atoms with van der Waals surface area (Å²) in [4.78, 5) is 11.5. The van der Waals surface area contributed by atoms with Crippen LogP contribution in [0.3, 0.4) is 0 Å². The number of fused-ring (bicyclic) bond motifs is 1. The molecule has 0 radical (unpaired) electrons. The fourth-order valence-electron chi connectivity index (χ4n) is 2.00. The quantitative estimate of drug-likeness (QED) is 0.640. The van der Waals surface area contributed by atoms with Gasteiger partial charge in [-0.3, -0.25) is 0 Å². The lowest BCUT2D eigenvalue weighted by atomic mass is 9.96. The minimum atomic E-state index is -0.263. The van der Waals surface area contributed by atoms with Crippen molar-refractivity contribution in [3.63, 3.8) is 0 Å². The molecule has 1 aliphatic heterocycles. The molecule has 0 saturated carbocycles. The highest BCUT2D eigenvalue weighted by atomic mass is 16.5. The van der Waals surface area contributed by atoms with Crippen LogP contribution in [0, 0.1) is 0 Å². The summed E-state index contributed by atoms with van der Waals surface area (Å²) < 4.78 is 4.97. The monoisotopic (exact) mass is 232 g/mol. The van der Waals surface area contributed by atoms with Gasteiger partial charge in [-0.2, -0.15) is 0 Å². The Morgan fingerprint density at radius 3 is 2.88 bits per heavy atom. The van der Waals surface area contributed by atoms with E-state index in [0.717, 1.165) is 35.1 Å². The number of aliphatic hydroxyl groups is 1. The Hall–Kier alpha value is -1.61. The Kier molecular flexibility index (Phi) is 3.29. The normalized spacial score (nSPS) is 13.4. The van der Waals surface area contributed by atoms with Crippen LogP contribution in [0.15, 0.2) is 24.3 Å². The van der Waals surface area contributed by atoms with Crippen LogP contribution in [0.2, 0.25) is 0 Å². The standard InChI is InChI=1S/C14H16O3/c1-9(2)3-4-10-6-13-12(5-11(10)7-15)8-17-14(13)16/h5-6,15H,1,3-4,7-8H2,2H3. The van der Waals surface area contributed by atoms with Crippen LogP contribution in [0.4, 0.5) is 0 Å². The van der Waals surface area contributed by atoms with E-state index in [2.05, 4.69) is 6.58 Å². The van der Waals surface area contributed by atoms with Gasteiger partial charge >= 0.3 is 5.97 Å². The Bertz CT molecular complexity index is 475. The summed E-state index contributed by atoms with van der Waals surface area (Å²) in [5, 5.41) is 9.33. The zero-order valence-corrected chi connectivity index (χ0v) is 9.95. The van der Waals surface area contributed by atoms with Crippen LogP contribution in [0.5, 0.6) is 0 Å². The SMILES string of the molecule is C=C(C)CCc1cc2c(cc1CO)COC2=O. The maximum atomic E-state index is 11.5. The number of ether oxygens (including phenoxy) is 1. The van der Waals surface area contributed by atoms with Gasteiger partial charge in [-0.15, -0.1) is 6.58 Å². The number of cyclic esters (lactones) is 1. The highest BCUT2D eigenvalue weighted by molar-refractivity contribution is 5.93. The third-order valence-corrected chi connectivity index (χ3v) is 3.00. The fourth-order valence-corrected chi connectivity index (χ4v) is 2.00. The molecular weight excluding hydrogens is 216 g/mol. The van der Waals surface area contributed by atoms with Crippen molar-refractivity contribution < 1.29 is 14.6 Å². The Morgan fingerprint density at radius 1 is 1.47 bits per heavy atom. The molecule has 1 aromatic carbocycles. The molecule has 1 aliphatic rings. The summed E-state index contributed by atoms with van der Waals surface area (Å²) >= 11 is 0. The van der Waals surface area contributed by atoms with Gasteiger partial charge in [-0.1, -0.05) is 5.57 Å². The van der Waals surface area contributed by atoms with Crippen LogP contribution < -0.4 is 0 Å². The van der Waals surface area contributed by atoms with Gasteiger partial charge in [0.05, 0.1) is 12.2 Å². The summed E-state index contributed by atoms with van der Waals surface area (Å²) in [7, 11) is 0. The lowest BCUT2D eigenvalue weighted by Crippen LogP contribution is -2.00. The number of esters is 1. The number of allylic oxidation sites excluding steroid dienone is 1. The lowest BCUT2D eigenvalue weighted by Gasteiger charge is -2.09. The highest BCUT2D eigenvalue weighted by Gasteiger charge is 2.22. The maximum absolute atomic E-state index is 11.5. The smallest absolute Gasteiger partial charge is 0.338 e. The van der Waals surface area contributed by atoms with Crippen molar-refractivity contribution in [3.05, 3.63) is 46.5 Å². The number of aryl methyl sites for hydroxylation is 1. The molecule has 90 valence electrons. The van der Waals surface area contributed by atoms with E-state index in [9.17, 15) is 9.90 Å². The summed E-state index contributed by atoms with van der Waals surface area (Å²) in [6, 6.07) is 3.72. The third-order valence-electron chi connectivity index (χ3n) is 3.00. The summed E-state index contributed by atoms with van der Waals surface area (Å²) in [6.07, 6.45) is 1.66. The van der Waals surface area contributed by atoms with E-state index in [1.54, 1.807) is 0 Å². The molecule has 3 nitrogen and oxygen atoms in total. The maximum Gasteiger partial charge on any atom is 0.338 e. The van der Waals surface area contributed by atoms with Crippen molar-refractivity contribution in [2.75, 3.05) is 0 Å². The van der Waals surface area contributed by atoms with Gasteiger partial charge in [0.25, 0.3) is 0 Å². The zero-order valence-electron chi connectivity index (χ0n) is 9.95. The van der Waals surface area contributed by atoms with Gasteiger partial charge in [0, 0.05) is 5.56 Å². The Balaban J connectivity index is 2.33. The molecule has 1 N–H and O–H groups in total. The summed E-state index contributed by atoms with van der Waals surface area (Å²) in [5.74, 6) is -0.263. The largest absolute Gasteiger partial charge is 0.457 e. The Labute approximate surface area is 101 Å². The minimum Gasteiger partial charge on any atom is -0.457 e. The summed E-state index contributed by atoms with van der Waals surface area (Å²) in [5.41, 5.74) is 4.49. The molecule has 0 atom stereocenters. The number of rotatable bonds is 4. The van der Waals surface area contributed by atoms with Crippen molar-refractivity contribution >= 4 is 5.97 Å². The molecule has 0 amide bonds. The first-order valence-corrected chi connectivity index (χ1v) is 5.69. The molecule has 2 rings (SSSR count). The molecule has 0 aromatic heterocycles. The molecule has 0 spiro atoms. The van der Waals surface area contributed by atoms with Crippen LogP contribution in [0.25, 0.3) is 0 Å². The van der Waals surface area contributed by atoms with Crippen LogP contribution in [0.1, 0.15) is 40.4 Å². The minimum absolute atomic E-state index is 0.00695. The van der Waals surface area contributed by atoms with Crippen molar-refractivity contribution in [1.82, 2.24) is 0 Å². The molecule has 0 aliphatic carbocycles. The van der Waals surface area contributed by atoms with Crippen molar-refractivity contribution in [2.45, 2.75) is 33.0 Å². The second kappa shape index (κ2) is 4.72. The van der Waals surface area contributed by atoms with Gasteiger partial charge in [0.15, 0.2) is 0 Å². The topological polar surface area (TPSA) is 46.5 Å². The van der Waals surface area contributed by atoms with Crippen LogP contribution in [-0.4, -0.2) is 11.1 Å². The van der Waals surface area contributed by atoms with Gasteiger partial charge in [0.1, 0.15) is 6.61 Å². The Morgan fingerprint density at radius 2 is 2.24 bits per heavy atom.